The second kappa shape index (κ2) is 10.5. The number of aromatic hydroxyl groups is 1. The Balaban J connectivity index is 1.47. The van der Waals surface area contributed by atoms with Gasteiger partial charge < -0.3 is 24.8 Å². The van der Waals surface area contributed by atoms with Crippen LogP contribution in [-0.4, -0.2) is 67.0 Å². The van der Waals surface area contributed by atoms with Gasteiger partial charge in [-0.3, -0.25) is 19.3 Å². The Kier molecular flexibility index (Phi) is 7.44. The van der Waals surface area contributed by atoms with Gasteiger partial charge in [0.1, 0.15) is 6.54 Å². The molecule has 34 heavy (non-hydrogen) atoms. The number of nitrogens with one attached hydrogen (secondary N) is 1. The van der Waals surface area contributed by atoms with Gasteiger partial charge >= 0.3 is 0 Å². The summed E-state index contributed by atoms with van der Waals surface area (Å²) >= 11 is 4.08. The van der Waals surface area contributed by atoms with Crippen LogP contribution in [0.5, 0.6) is 11.5 Å². The van der Waals surface area contributed by atoms with Gasteiger partial charge in [-0.2, -0.15) is 0 Å². The summed E-state index contributed by atoms with van der Waals surface area (Å²) in [7, 11) is 1.41. The van der Waals surface area contributed by atoms with Crippen LogP contribution in [0.2, 0.25) is 0 Å². The van der Waals surface area contributed by atoms with Crippen molar-refractivity contribution in [3.8, 4) is 11.5 Å². The van der Waals surface area contributed by atoms with E-state index in [1.165, 1.54) is 19.3 Å². The van der Waals surface area contributed by atoms with Gasteiger partial charge in [0.15, 0.2) is 11.5 Å². The third-order valence-electron chi connectivity index (χ3n) is 5.29. The number of ether oxygens (including phenoxy) is 2. The number of benzene rings is 2. The van der Waals surface area contributed by atoms with Gasteiger partial charge in [0.2, 0.25) is 5.91 Å². The number of halogens is 1. The fraction of sp³-hybridized carbons (Fsp3) is 0.261. The van der Waals surface area contributed by atoms with Gasteiger partial charge in [0, 0.05) is 17.6 Å². The molecular formula is C23H22BrN3O6S. The number of anilines is 2. The second-order valence-electron chi connectivity index (χ2n) is 7.48. The van der Waals surface area contributed by atoms with E-state index >= 15 is 0 Å². The van der Waals surface area contributed by atoms with Crippen molar-refractivity contribution >= 4 is 62.2 Å². The molecule has 0 radical (unpaired) electrons. The molecule has 3 amide bonds. The first-order valence-corrected chi connectivity index (χ1v) is 12.0. The zero-order chi connectivity index (χ0) is 24.2. The summed E-state index contributed by atoms with van der Waals surface area (Å²) in [6.07, 6.45) is 1.52. The van der Waals surface area contributed by atoms with Crippen LogP contribution in [0.25, 0.3) is 6.08 Å². The third kappa shape index (κ3) is 5.21. The lowest BCUT2D eigenvalue weighted by Gasteiger charge is -2.30. The van der Waals surface area contributed by atoms with Gasteiger partial charge in [-0.1, -0.05) is 28.1 Å². The molecule has 0 unspecified atom stereocenters. The Morgan fingerprint density at radius 3 is 2.74 bits per heavy atom. The fourth-order valence-corrected chi connectivity index (χ4v) is 4.88. The number of imide groups is 1. The number of carbonyl (C=O) groups is 3. The molecule has 2 heterocycles. The van der Waals surface area contributed by atoms with E-state index in [0.717, 1.165) is 22.3 Å². The lowest BCUT2D eigenvalue weighted by Crippen LogP contribution is -2.38. The Labute approximate surface area is 208 Å². The van der Waals surface area contributed by atoms with Crippen molar-refractivity contribution in [2.45, 2.75) is 0 Å². The normalized spacial score (nSPS) is 17.4. The van der Waals surface area contributed by atoms with Crippen LogP contribution in [-0.2, 0) is 14.3 Å². The molecule has 2 N–H and O–H groups in total. The number of hydrogen-bond acceptors (Lipinski definition) is 8. The average Bonchev–Trinajstić information content (AvgIpc) is 3.09. The Morgan fingerprint density at radius 1 is 1.26 bits per heavy atom. The van der Waals surface area contributed by atoms with Crippen molar-refractivity contribution in [1.29, 1.82) is 0 Å². The SMILES string of the molecule is COc1cc(C=C2SC(=O)N(CC(=O)Nc3ccccc3N3CCOCC3)C2=O)c(Br)cc1O. The zero-order valence-electron chi connectivity index (χ0n) is 18.2. The second-order valence-corrected chi connectivity index (χ2v) is 9.33. The topological polar surface area (TPSA) is 108 Å². The number of phenolic OH excluding ortho intramolecular Hbond substituents is 1. The highest BCUT2D eigenvalue weighted by Gasteiger charge is 2.36. The van der Waals surface area contributed by atoms with Crippen LogP contribution in [0.1, 0.15) is 5.56 Å². The number of rotatable bonds is 6. The maximum absolute atomic E-state index is 12.9. The molecule has 4 rings (SSSR count). The number of carbonyl (C=O) groups excluding carboxylic acids is 3. The van der Waals surface area contributed by atoms with E-state index in [9.17, 15) is 19.5 Å². The van der Waals surface area contributed by atoms with Crippen molar-refractivity contribution in [1.82, 2.24) is 4.90 Å². The van der Waals surface area contributed by atoms with Crippen LogP contribution in [0.4, 0.5) is 16.2 Å². The maximum Gasteiger partial charge on any atom is 0.294 e. The molecule has 2 aliphatic rings. The first-order chi connectivity index (χ1) is 16.4. The largest absolute Gasteiger partial charge is 0.504 e. The van der Waals surface area contributed by atoms with Crippen molar-refractivity contribution in [3.05, 3.63) is 51.3 Å². The van der Waals surface area contributed by atoms with Crippen LogP contribution >= 0.6 is 27.7 Å². The van der Waals surface area contributed by atoms with Gasteiger partial charge in [-0.15, -0.1) is 0 Å². The molecule has 178 valence electrons. The minimum atomic E-state index is -0.564. The zero-order valence-corrected chi connectivity index (χ0v) is 20.6. The Hall–Kier alpha value is -3.02. The number of thioether (sulfide) groups is 1. The summed E-state index contributed by atoms with van der Waals surface area (Å²) in [5.74, 6) is -0.872. The summed E-state index contributed by atoms with van der Waals surface area (Å²) in [5, 5.41) is 12.2. The molecule has 0 saturated carbocycles. The van der Waals surface area contributed by atoms with E-state index in [1.807, 2.05) is 18.2 Å². The quantitative estimate of drug-likeness (QED) is 0.527. The number of hydrogen-bond donors (Lipinski definition) is 2. The van der Waals surface area contributed by atoms with Gasteiger partial charge in [0.05, 0.1) is 36.6 Å². The first-order valence-electron chi connectivity index (χ1n) is 10.4. The summed E-state index contributed by atoms with van der Waals surface area (Å²) in [5.41, 5.74) is 2.01. The van der Waals surface area contributed by atoms with Crippen molar-refractivity contribution in [3.63, 3.8) is 0 Å². The molecule has 11 heteroatoms. The van der Waals surface area contributed by atoms with Gasteiger partial charge in [-0.05, 0) is 47.7 Å². The highest BCUT2D eigenvalue weighted by atomic mass is 79.9. The number of amides is 3. The van der Waals surface area contributed by atoms with Crippen molar-refractivity contribution < 1.29 is 29.0 Å². The lowest BCUT2D eigenvalue weighted by atomic mass is 10.2. The number of morpholine rings is 1. The molecule has 0 atom stereocenters. The Morgan fingerprint density at radius 2 is 2.00 bits per heavy atom. The smallest absolute Gasteiger partial charge is 0.294 e. The molecule has 2 aromatic rings. The fourth-order valence-electron chi connectivity index (χ4n) is 3.60. The molecule has 0 aliphatic carbocycles. The minimum Gasteiger partial charge on any atom is -0.504 e. The van der Waals surface area contributed by atoms with Gasteiger partial charge in [0.25, 0.3) is 11.1 Å². The van der Waals surface area contributed by atoms with E-state index in [2.05, 4.69) is 26.1 Å². The highest BCUT2D eigenvalue weighted by molar-refractivity contribution is 9.10. The number of phenols is 1. The van der Waals surface area contributed by atoms with E-state index < -0.39 is 23.6 Å². The highest BCUT2D eigenvalue weighted by Crippen LogP contribution is 2.37. The van der Waals surface area contributed by atoms with Crippen LogP contribution in [0, 0.1) is 0 Å². The molecule has 0 spiro atoms. The molecule has 0 bridgehead atoms. The van der Waals surface area contributed by atoms with Gasteiger partial charge in [-0.25, -0.2) is 0 Å². The Bertz CT molecular complexity index is 1170. The number of para-hydroxylation sites is 2. The van der Waals surface area contributed by atoms with Crippen LogP contribution in [0.15, 0.2) is 45.8 Å². The van der Waals surface area contributed by atoms with Crippen LogP contribution in [0.3, 0.4) is 0 Å². The molecular weight excluding hydrogens is 526 g/mol. The van der Waals surface area contributed by atoms with Crippen molar-refractivity contribution in [2.24, 2.45) is 0 Å². The number of methoxy groups -OCH3 is 1. The maximum atomic E-state index is 12.9. The van der Waals surface area contributed by atoms with E-state index in [-0.39, 0.29) is 16.4 Å². The molecule has 0 aromatic heterocycles. The first kappa shape index (κ1) is 24.1. The monoisotopic (exact) mass is 547 g/mol. The number of nitrogens with zero attached hydrogens (tertiary/aromatic N) is 2. The van der Waals surface area contributed by atoms with Crippen molar-refractivity contribution in [2.75, 3.05) is 50.2 Å². The predicted octanol–water partition coefficient (Wildman–Crippen LogP) is 3.67. The minimum absolute atomic E-state index is 0.0614. The molecule has 2 fully saturated rings. The molecule has 2 aliphatic heterocycles. The van der Waals surface area contributed by atoms with E-state index in [4.69, 9.17) is 9.47 Å². The van der Waals surface area contributed by atoms with E-state index in [1.54, 1.807) is 12.1 Å². The average molecular weight is 548 g/mol. The standard InChI is InChI=1S/C23H22BrN3O6S/c1-32-19-10-14(15(24)12-18(19)28)11-20-22(30)27(23(31)34-20)13-21(29)25-16-4-2-3-5-17(16)26-6-8-33-9-7-26/h2-5,10-12,28H,6-9,13H2,1H3,(H,25,29). The summed E-state index contributed by atoms with van der Waals surface area (Å²) < 4.78 is 11.0. The predicted molar refractivity (Wildman–Crippen MR) is 133 cm³/mol. The summed E-state index contributed by atoms with van der Waals surface area (Å²) in [6, 6.07) is 10.4. The van der Waals surface area contributed by atoms with Crippen LogP contribution < -0.4 is 15.0 Å². The van der Waals surface area contributed by atoms with E-state index in [0.29, 0.717) is 42.0 Å². The molecule has 2 saturated heterocycles. The molecule has 2 aromatic carbocycles. The summed E-state index contributed by atoms with van der Waals surface area (Å²) in [4.78, 5) is 41.3. The third-order valence-corrected chi connectivity index (χ3v) is 6.88. The summed E-state index contributed by atoms with van der Waals surface area (Å²) in [6.45, 7) is 2.22. The lowest BCUT2D eigenvalue weighted by molar-refractivity contribution is -0.127. The molecule has 9 nitrogen and oxygen atoms in total.